The quantitative estimate of drug-likeness (QED) is 0.279. The number of nitrogens with one attached hydrogen (secondary N) is 2. The number of sulfonamides is 1. The zero-order chi connectivity index (χ0) is 27.3. The van der Waals surface area contributed by atoms with Crippen molar-refractivity contribution in [2.45, 2.75) is 55.0 Å². The first-order valence-corrected chi connectivity index (χ1v) is 13.8. The van der Waals surface area contributed by atoms with Crippen LogP contribution < -0.4 is 10.0 Å². The van der Waals surface area contributed by atoms with Gasteiger partial charge in [-0.3, -0.25) is 4.79 Å². The molecule has 3 aromatic carbocycles. The fourth-order valence-corrected chi connectivity index (χ4v) is 6.13. The van der Waals surface area contributed by atoms with Crippen LogP contribution in [0.25, 0.3) is 0 Å². The van der Waals surface area contributed by atoms with Crippen LogP contribution in [0.15, 0.2) is 77.7 Å². The molecule has 1 aliphatic carbocycles. The van der Waals surface area contributed by atoms with E-state index in [-0.39, 0.29) is 40.3 Å². The van der Waals surface area contributed by atoms with Gasteiger partial charge in [0.2, 0.25) is 10.0 Å². The molecule has 9 nitrogen and oxygen atoms in total. The van der Waals surface area contributed by atoms with Crippen molar-refractivity contribution in [1.82, 2.24) is 10.0 Å². The minimum atomic E-state index is -3.93. The number of hydrogen-bond acceptors (Lipinski definition) is 6. The highest BCUT2D eigenvalue weighted by Gasteiger charge is 2.28. The van der Waals surface area contributed by atoms with Gasteiger partial charge in [0, 0.05) is 24.1 Å². The average Bonchev–Trinajstić information content (AvgIpc) is 2.89. The van der Waals surface area contributed by atoms with Crippen LogP contribution in [0.2, 0.25) is 0 Å². The fourth-order valence-electron chi connectivity index (χ4n) is 4.78. The van der Waals surface area contributed by atoms with Crippen LogP contribution in [0.4, 0.5) is 0 Å². The largest absolute Gasteiger partial charge is 0.508 e. The van der Waals surface area contributed by atoms with Crippen LogP contribution in [0.5, 0.6) is 11.5 Å². The Balaban J connectivity index is 1.39. The maximum atomic E-state index is 13.1. The number of carboxylic acids is 1. The minimum absolute atomic E-state index is 0.0155. The molecule has 200 valence electrons. The molecule has 10 heteroatoms. The Hall–Kier alpha value is -3.89. The number of benzene rings is 3. The number of carboxylic acid groups (broad SMARTS) is 1. The van der Waals surface area contributed by atoms with Gasteiger partial charge in [-0.1, -0.05) is 42.5 Å². The summed E-state index contributed by atoms with van der Waals surface area (Å²) < 4.78 is 28.9. The Morgan fingerprint density at radius 1 is 0.895 bits per heavy atom. The molecule has 5 N–H and O–H groups in total. The third kappa shape index (κ3) is 6.70. The van der Waals surface area contributed by atoms with Gasteiger partial charge >= 0.3 is 5.97 Å². The van der Waals surface area contributed by atoms with E-state index in [4.69, 9.17) is 0 Å². The molecule has 1 fully saturated rings. The highest BCUT2D eigenvalue weighted by molar-refractivity contribution is 7.89. The maximum absolute atomic E-state index is 13.1. The van der Waals surface area contributed by atoms with Crippen molar-refractivity contribution in [2.24, 2.45) is 0 Å². The molecule has 3 aromatic rings. The van der Waals surface area contributed by atoms with Crippen LogP contribution in [0.3, 0.4) is 0 Å². The Bertz CT molecular complexity index is 1400. The number of phenols is 2. The summed E-state index contributed by atoms with van der Waals surface area (Å²) in [4.78, 5) is 24.4. The molecule has 1 saturated carbocycles. The molecule has 0 bridgehead atoms. The molecule has 0 spiro atoms. The third-order valence-electron chi connectivity index (χ3n) is 6.80. The van der Waals surface area contributed by atoms with Gasteiger partial charge in [0.15, 0.2) is 0 Å². The molecule has 0 heterocycles. The number of carbonyl (C=O) groups is 2. The molecule has 1 atom stereocenters. The Labute approximate surface area is 221 Å². The van der Waals surface area contributed by atoms with Crippen molar-refractivity contribution in [2.75, 3.05) is 0 Å². The van der Waals surface area contributed by atoms with Gasteiger partial charge < -0.3 is 20.6 Å². The molecule has 0 aliphatic heterocycles. The molecule has 1 aliphatic rings. The van der Waals surface area contributed by atoms with Crippen LogP contribution >= 0.6 is 0 Å². The first kappa shape index (κ1) is 27.2. The van der Waals surface area contributed by atoms with E-state index < -0.39 is 27.9 Å². The van der Waals surface area contributed by atoms with Gasteiger partial charge in [-0.25, -0.2) is 17.9 Å². The first-order valence-electron chi connectivity index (χ1n) is 12.3. The monoisotopic (exact) mass is 538 g/mol. The van der Waals surface area contributed by atoms with Gasteiger partial charge in [-0.2, -0.15) is 0 Å². The second-order valence-corrected chi connectivity index (χ2v) is 11.2. The molecular formula is C28H30N2O7S. The molecule has 0 aromatic heterocycles. The summed E-state index contributed by atoms with van der Waals surface area (Å²) in [6.45, 7) is 0. The summed E-state index contributed by atoms with van der Waals surface area (Å²) in [6.07, 6.45) is 2.53. The number of phenolic OH excluding ortho intramolecular Hbond substituents is 2. The third-order valence-corrected chi connectivity index (χ3v) is 8.31. The Morgan fingerprint density at radius 2 is 1.61 bits per heavy atom. The SMILES string of the molecule is O=C(N[C@@H](Cc1ccccc1)C(=O)O)c1cccc(S(=O)(=O)NC2CCC(c3ccc(O)cc3O)CC2)c1. The number of hydrogen-bond donors (Lipinski definition) is 5. The lowest BCUT2D eigenvalue weighted by atomic mass is 9.81. The van der Waals surface area contributed by atoms with Crippen LogP contribution in [0, 0.1) is 0 Å². The second kappa shape index (κ2) is 11.7. The number of carbonyl (C=O) groups excluding carboxylic acids is 1. The predicted octanol–water partition coefficient (Wildman–Crippen LogP) is 3.53. The lowest BCUT2D eigenvalue weighted by Gasteiger charge is -2.29. The topological polar surface area (TPSA) is 153 Å². The number of aromatic hydroxyl groups is 2. The number of amides is 1. The molecular weight excluding hydrogens is 508 g/mol. The van der Waals surface area contributed by atoms with Crippen molar-refractivity contribution in [3.05, 3.63) is 89.5 Å². The smallest absolute Gasteiger partial charge is 0.326 e. The van der Waals surface area contributed by atoms with E-state index in [1.54, 1.807) is 30.3 Å². The number of aliphatic carboxylic acids is 1. The van der Waals surface area contributed by atoms with Crippen molar-refractivity contribution < 1.29 is 33.3 Å². The van der Waals surface area contributed by atoms with E-state index in [1.807, 2.05) is 6.07 Å². The van der Waals surface area contributed by atoms with Crippen molar-refractivity contribution in [1.29, 1.82) is 0 Å². The Kier molecular flexibility index (Phi) is 8.33. The van der Waals surface area contributed by atoms with E-state index in [0.29, 0.717) is 25.7 Å². The van der Waals surface area contributed by atoms with Crippen molar-refractivity contribution in [3.63, 3.8) is 0 Å². The maximum Gasteiger partial charge on any atom is 0.326 e. The number of rotatable bonds is 9. The standard InChI is InChI=1S/C28H30N2O7S/c31-22-13-14-24(26(32)17-22)19-9-11-21(12-10-19)30-38(36,37)23-8-4-7-20(16-23)27(33)29-25(28(34)35)15-18-5-2-1-3-6-18/h1-8,13-14,16-17,19,21,25,30-32H,9-12,15H2,(H,29,33)(H,34,35)/t19?,21?,25-/m0/s1. The summed E-state index contributed by atoms with van der Waals surface area (Å²) in [5.41, 5.74) is 1.52. The minimum Gasteiger partial charge on any atom is -0.508 e. The van der Waals surface area contributed by atoms with E-state index in [0.717, 1.165) is 11.1 Å². The van der Waals surface area contributed by atoms with E-state index in [1.165, 1.54) is 36.4 Å². The van der Waals surface area contributed by atoms with Gasteiger partial charge in [0.05, 0.1) is 4.90 Å². The highest BCUT2D eigenvalue weighted by atomic mass is 32.2. The van der Waals surface area contributed by atoms with E-state index in [2.05, 4.69) is 10.0 Å². The van der Waals surface area contributed by atoms with Crippen molar-refractivity contribution in [3.8, 4) is 11.5 Å². The molecule has 0 unspecified atom stereocenters. The normalized spacial score (nSPS) is 18.4. The second-order valence-electron chi connectivity index (χ2n) is 9.49. The van der Waals surface area contributed by atoms with E-state index >= 15 is 0 Å². The molecule has 4 rings (SSSR count). The fraction of sp³-hybridized carbons (Fsp3) is 0.286. The van der Waals surface area contributed by atoms with Crippen LogP contribution in [0.1, 0.15) is 53.1 Å². The van der Waals surface area contributed by atoms with Gasteiger partial charge in [0.25, 0.3) is 5.91 Å². The lowest BCUT2D eigenvalue weighted by molar-refractivity contribution is -0.139. The summed E-state index contributed by atoms with van der Waals surface area (Å²) in [5, 5.41) is 31.7. The van der Waals surface area contributed by atoms with E-state index in [9.17, 15) is 33.3 Å². The first-order chi connectivity index (χ1) is 18.1. The summed E-state index contributed by atoms with van der Waals surface area (Å²) in [5.74, 6) is -1.80. The van der Waals surface area contributed by atoms with Gasteiger partial charge in [0.1, 0.15) is 17.5 Å². The molecule has 1 amide bonds. The molecule has 0 saturated heterocycles. The lowest BCUT2D eigenvalue weighted by Crippen LogP contribution is -2.42. The zero-order valence-corrected chi connectivity index (χ0v) is 21.4. The zero-order valence-electron chi connectivity index (χ0n) is 20.6. The van der Waals surface area contributed by atoms with Crippen molar-refractivity contribution >= 4 is 21.9 Å². The predicted molar refractivity (Wildman–Crippen MR) is 141 cm³/mol. The van der Waals surface area contributed by atoms with Crippen LogP contribution in [-0.2, 0) is 21.2 Å². The summed E-state index contributed by atoms with van der Waals surface area (Å²) in [6, 6.07) is 17.4. The highest BCUT2D eigenvalue weighted by Crippen LogP contribution is 2.38. The molecule has 38 heavy (non-hydrogen) atoms. The summed E-state index contributed by atoms with van der Waals surface area (Å²) >= 11 is 0. The van der Waals surface area contributed by atoms with Gasteiger partial charge in [-0.15, -0.1) is 0 Å². The van der Waals surface area contributed by atoms with Crippen LogP contribution in [-0.4, -0.2) is 47.7 Å². The summed E-state index contributed by atoms with van der Waals surface area (Å²) in [7, 11) is -3.93. The Morgan fingerprint density at radius 3 is 2.26 bits per heavy atom. The average molecular weight is 539 g/mol. The van der Waals surface area contributed by atoms with Gasteiger partial charge in [-0.05, 0) is 67.0 Å². The molecule has 0 radical (unpaired) electrons.